The summed E-state index contributed by atoms with van der Waals surface area (Å²) in [4.78, 5) is 25.8. The summed E-state index contributed by atoms with van der Waals surface area (Å²) in [6.07, 6.45) is 5.48. The number of carboxylic acid groups (broad SMARTS) is 1. The van der Waals surface area contributed by atoms with Gasteiger partial charge in [0.25, 0.3) is 0 Å². The van der Waals surface area contributed by atoms with E-state index < -0.39 is 5.97 Å². The number of aliphatic carboxylic acids is 1. The third-order valence-corrected chi connectivity index (χ3v) is 6.75. The monoisotopic (exact) mass is 322 g/mol. The zero-order valence-electron chi connectivity index (χ0n) is 13.6. The molecule has 6 heteroatoms. The number of rotatable bonds is 3. The number of ether oxygens (including phenoxy) is 1. The minimum absolute atomic E-state index is 0.0332. The van der Waals surface area contributed by atoms with Gasteiger partial charge < -0.3 is 20.1 Å². The van der Waals surface area contributed by atoms with Gasteiger partial charge in [0.2, 0.25) is 0 Å². The Labute approximate surface area is 136 Å². The summed E-state index contributed by atoms with van der Waals surface area (Å²) in [7, 11) is 1.77. The fraction of sp³-hybridized carbons (Fsp3) is 0.882. The Hall–Kier alpha value is -1.30. The number of hydrogen-bond acceptors (Lipinski definition) is 3. The summed E-state index contributed by atoms with van der Waals surface area (Å²) in [6.45, 7) is 0.863. The molecular weight excluding hydrogens is 296 g/mol. The van der Waals surface area contributed by atoms with Crippen LogP contribution in [0.25, 0.3) is 0 Å². The number of fused-ring (bicyclic) bond motifs is 1. The van der Waals surface area contributed by atoms with Crippen LogP contribution in [-0.4, -0.2) is 53.8 Å². The summed E-state index contributed by atoms with van der Waals surface area (Å²) >= 11 is 0. The van der Waals surface area contributed by atoms with Crippen LogP contribution in [0.3, 0.4) is 0 Å². The highest BCUT2D eigenvalue weighted by Gasteiger charge is 2.60. The van der Waals surface area contributed by atoms with Crippen LogP contribution < -0.4 is 5.32 Å². The number of carbonyl (C=O) groups is 2. The van der Waals surface area contributed by atoms with Gasteiger partial charge in [-0.15, -0.1) is 0 Å². The first kappa shape index (κ1) is 15.2. The molecule has 6 nitrogen and oxygen atoms in total. The molecule has 0 aromatic carbocycles. The standard InChI is InChI=1S/C17H26N2O4/c1-23-15-10-6-11-8-19(14(15)13(11)7-10)17(22)18-12-4-2-9(3-5-12)16(20)21/h9-15H,2-8H2,1H3,(H,18,22)(H,20,21). The number of methoxy groups -OCH3 is 1. The second kappa shape index (κ2) is 5.65. The average Bonchev–Trinajstić information content (AvgIpc) is 3.14. The van der Waals surface area contributed by atoms with Crippen LogP contribution in [0.1, 0.15) is 38.5 Å². The molecule has 0 radical (unpaired) electrons. The van der Waals surface area contributed by atoms with Crippen LogP contribution in [0.2, 0.25) is 0 Å². The van der Waals surface area contributed by atoms with E-state index in [1.54, 1.807) is 7.11 Å². The van der Waals surface area contributed by atoms with Crippen LogP contribution >= 0.6 is 0 Å². The minimum Gasteiger partial charge on any atom is -0.481 e. The molecule has 3 saturated carbocycles. The van der Waals surface area contributed by atoms with E-state index in [1.807, 2.05) is 4.90 Å². The molecule has 5 atom stereocenters. The van der Waals surface area contributed by atoms with E-state index in [-0.39, 0.29) is 30.1 Å². The molecule has 4 fully saturated rings. The lowest BCUT2D eigenvalue weighted by Crippen LogP contribution is -2.51. The molecule has 23 heavy (non-hydrogen) atoms. The number of nitrogens with one attached hydrogen (secondary N) is 1. The Balaban J connectivity index is 1.36. The van der Waals surface area contributed by atoms with Crippen molar-refractivity contribution in [1.82, 2.24) is 10.2 Å². The van der Waals surface area contributed by atoms with Crippen molar-refractivity contribution in [3.63, 3.8) is 0 Å². The molecule has 5 unspecified atom stereocenters. The molecule has 1 saturated heterocycles. The topological polar surface area (TPSA) is 78.9 Å². The molecule has 2 N–H and O–H groups in total. The van der Waals surface area contributed by atoms with E-state index in [0.29, 0.717) is 30.6 Å². The fourth-order valence-electron chi connectivity index (χ4n) is 5.70. The Kier molecular flexibility index (Phi) is 3.75. The maximum Gasteiger partial charge on any atom is 0.317 e. The third-order valence-electron chi connectivity index (χ3n) is 6.75. The molecule has 1 aliphatic heterocycles. The zero-order chi connectivity index (χ0) is 16.1. The van der Waals surface area contributed by atoms with Crippen molar-refractivity contribution in [3.05, 3.63) is 0 Å². The third kappa shape index (κ3) is 2.42. The lowest BCUT2D eigenvalue weighted by molar-refractivity contribution is -0.142. The molecular formula is C17H26N2O4. The van der Waals surface area contributed by atoms with Crippen molar-refractivity contribution in [2.24, 2.45) is 23.7 Å². The number of likely N-dealkylation sites (tertiary alicyclic amines) is 1. The highest BCUT2D eigenvalue weighted by molar-refractivity contribution is 5.76. The van der Waals surface area contributed by atoms with Crippen molar-refractivity contribution in [3.8, 4) is 0 Å². The second-order valence-electron chi connectivity index (χ2n) is 7.83. The van der Waals surface area contributed by atoms with Crippen LogP contribution in [0.4, 0.5) is 4.79 Å². The Morgan fingerprint density at radius 2 is 1.87 bits per heavy atom. The first-order valence-electron chi connectivity index (χ1n) is 8.91. The summed E-state index contributed by atoms with van der Waals surface area (Å²) < 4.78 is 5.70. The summed E-state index contributed by atoms with van der Waals surface area (Å²) in [5.41, 5.74) is 0. The van der Waals surface area contributed by atoms with Crippen LogP contribution in [0.15, 0.2) is 0 Å². The molecule has 2 bridgehead atoms. The van der Waals surface area contributed by atoms with E-state index >= 15 is 0 Å². The first-order chi connectivity index (χ1) is 11.1. The van der Waals surface area contributed by atoms with Crippen molar-refractivity contribution >= 4 is 12.0 Å². The number of carbonyl (C=O) groups excluding carboxylic acids is 1. The van der Waals surface area contributed by atoms with Crippen molar-refractivity contribution in [2.45, 2.75) is 56.7 Å². The van der Waals surface area contributed by atoms with Gasteiger partial charge in [-0.05, 0) is 56.3 Å². The maximum atomic E-state index is 12.7. The minimum atomic E-state index is -0.703. The summed E-state index contributed by atoms with van der Waals surface area (Å²) in [5, 5.41) is 12.2. The second-order valence-corrected chi connectivity index (χ2v) is 7.83. The Bertz CT molecular complexity index is 501. The number of urea groups is 1. The smallest absolute Gasteiger partial charge is 0.317 e. The lowest BCUT2D eigenvalue weighted by Gasteiger charge is -2.33. The summed E-state index contributed by atoms with van der Waals surface area (Å²) in [6, 6.07) is 0.402. The van der Waals surface area contributed by atoms with Crippen molar-refractivity contribution < 1.29 is 19.4 Å². The number of hydrogen-bond donors (Lipinski definition) is 2. The maximum absolute atomic E-state index is 12.7. The predicted octanol–water partition coefficient (Wildman–Crippen LogP) is 1.69. The van der Waals surface area contributed by atoms with Crippen molar-refractivity contribution in [2.75, 3.05) is 13.7 Å². The molecule has 2 amide bonds. The van der Waals surface area contributed by atoms with Gasteiger partial charge in [0.05, 0.1) is 18.1 Å². The van der Waals surface area contributed by atoms with E-state index in [0.717, 1.165) is 19.4 Å². The van der Waals surface area contributed by atoms with E-state index in [9.17, 15) is 9.59 Å². The van der Waals surface area contributed by atoms with Gasteiger partial charge in [-0.3, -0.25) is 4.79 Å². The first-order valence-corrected chi connectivity index (χ1v) is 8.91. The van der Waals surface area contributed by atoms with E-state index in [2.05, 4.69) is 5.32 Å². The molecule has 4 aliphatic rings. The largest absolute Gasteiger partial charge is 0.481 e. The van der Waals surface area contributed by atoms with Gasteiger partial charge in [0.15, 0.2) is 0 Å². The highest BCUT2D eigenvalue weighted by atomic mass is 16.5. The van der Waals surface area contributed by atoms with Crippen LogP contribution in [0.5, 0.6) is 0 Å². The van der Waals surface area contributed by atoms with Gasteiger partial charge in [0, 0.05) is 19.7 Å². The lowest BCUT2D eigenvalue weighted by atomic mass is 9.86. The predicted molar refractivity (Wildman–Crippen MR) is 82.9 cm³/mol. The average molecular weight is 322 g/mol. The molecule has 3 aliphatic carbocycles. The molecule has 128 valence electrons. The number of nitrogens with zero attached hydrogens (tertiary/aromatic N) is 1. The Morgan fingerprint density at radius 3 is 2.52 bits per heavy atom. The molecule has 0 aromatic heterocycles. The summed E-state index contributed by atoms with van der Waals surface area (Å²) in [5.74, 6) is 0.970. The van der Waals surface area contributed by atoms with E-state index in [1.165, 1.54) is 12.8 Å². The molecule has 0 aromatic rings. The fourth-order valence-corrected chi connectivity index (χ4v) is 5.70. The van der Waals surface area contributed by atoms with Crippen LogP contribution in [0, 0.1) is 23.7 Å². The highest BCUT2D eigenvalue weighted by Crippen LogP contribution is 2.55. The molecule has 1 heterocycles. The van der Waals surface area contributed by atoms with Gasteiger partial charge in [-0.25, -0.2) is 4.79 Å². The number of amides is 2. The Morgan fingerprint density at radius 1 is 1.13 bits per heavy atom. The zero-order valence-corrected chi connectivity index (χ0v) is 13.6. The molecule has 4 rings (SSSR count). The van der Waals surface area contributed by atoms with Gasteiger partial charge in [-0.1, -0.05) is 0 Å². The normalized spacial score (nSPS) is 44.6. The van der Waals surface area contributed by atoms with Gasteiger partial charge in [-0.2, -0.15) is 0 Å². The van der Waals surface area contributed by atoms with Crippen molar-refractivity contribution in [1.29, 1.82) is 0 Å². The van der Waals surface area contributed by atoms with Gasteiger partial charge >= 0.3 is 12.0 Å². The van der Waals surface area contributed by atoms with Crippen LogP contribution in [-0.2, 0) is 9.53 Å². The quantitative estimate of drug-likeness (QED) is 0.829. The van der Waals surface area contributed by atoms with Gasteiger partial charge in [0.1, 0.15) is 0 Å². The molecule has 0 spiro atoms. The van der Waals surface area contributed by atoms with E-state index in [4.69, 9.17) is 9.84 Å². The SMILES string of the molecule is COC1C2CC3CN(C(=O)NC4CCC(C(=O)O)CC4)C1C3C2. The number of carboxylic acids is 1.